The van der Waals surface area contributed by atoms with Gasteiger partial charge >= 0.3 is 5.63 Å². The van der Waals surface area contributed by atoms with Crippen molar-refractivity contribution in [1.29, 1.82) is 0 Å². The Balaban J connectivity index is 1.36. The number of fused-ring (bicyclic) bond motifs is 3. The lowest BCUT2D eigenvalue weighted by molar-refractivity contribution is -0.143. The van der Waals surface area contributed by atoms with Gasteiger partial charge in [0.05, 0.1) is 0 Å². The van der Waals surface area contributed by atoms with Crippen LogP contribution in [0.3, 0.4) is 0 Å². The minimum Gasteiger partial charge on any atom is -0.481 e. The highest BCUT2D eigenvalue weighted by molar-refractivity contribution is 5.84. The van der Waals surface area contributed by atoms with Crippen molar-refractivity contribution in [2.24, 2.45) is 0 Å². The van der Waals surface area contributed by atoms with Gasteiger partial charge in [0.25, 0.3) is 5.91 Å². The largest absolute Gasteiger partial charge is 0.481 e. The number of hydrogen-bond donors (Lipinski definition) is 0. The van der Waals surface area contributed by atoms with E-state index in [-0.39, 0.29) is 17.6 Å². The van der Waals surface area contributed by atoms with Crippen LogP contribution in [0.4, 0.5) is 0 Å². The van der Waals surface area contributed by atoms with E-state index in [2.05, 4.69) is 0 Å². The lowest BCUT2D eigenvalue weighted by atomic mass is 9.91. The Bertz CT molecular complexity index is 1000. The van der Waals surface area contributed by atoms with Crippen LogP contribution < -0.4 is 10.4 Å². The number of hydrogen-bond acceptors (Lipinski definition) is 5. The smallest absolute Gasteiger partial charge is 0.339 e. The molecule has 6 heteroatoms. The second kappa shape index (κ2) is 8.06. The summed E-state index contributed by atoms with van der Waals surface area (Å²) in [6.07, 6.45) is 7.17. The maximum Gasteiger partial charge on any atom is 0.339 e. The van der Waals surface area contributed by atoms with Gasteiger partial charge in [0.2, 0.25) is 0 Å². The molecule has 5 rings (SSSR count). The molecule has 0 spiro atoms. The Morgan fingerprint density at radius 3 is 2.50 bits per heavy atom. The molecule has 1 saturated carbocycles. The second-order valence-electron chi connectivity index (χ2n) is 8.79. The summed E-state index contributed by atoms with van der Waals surface area (Å²) in [5.41, 5.74) is 2.24. The van der Waals surface area contributed by atoms with E-state index in [1.165, 1.54) is 0 Å². The molecule has 2 heterocycles. The molecular formula is C24H29NO5. The minimum absolute atomic E-state index is 0.0383. The van der Waals surface area contributed by atoms with Crippen molar-refractivity contribution in [3.63, 3.8) is 0 Å². The number of aryl methyl sites for hydroxylation is 1. The summed E-state index contributed by atoms with van der Waals surface area (Å²) in [5.74, 6) is 0.598. The zero-order valence-electron chi connectivity index (χ0n) is 17.5. The Kier molecular flexibility index (Phi) is 5.27. The van der Waals surface area contributed by atoms with E-state index in [1.807, 2.05) is 24.0 Å². The van der Waals surface area contributed by atoms with Crippen LogP contribution in [0, 0.1) is 0 Å². The van der Waals surface area contributed by atoms with Crippen molar-refractivity contribution < 1.29 is 18.7 Å². The fourth-order valence-electron chi connectivity index (χ4n) is 4.94. The molecular weight excluding hydrogens is 382 g/mol. The molecule has 1 aromatic heterocycles. The molecule has 1 unspecified atom stereocenters. The summed E-state index contributed by atoms with van der Waals surface area (Å²) in [5, 5.41) is 0.984. The number of carbonyl (C=O) groups excluding carboxylic acids is 1. The van der Waals surface area contributed by atoms with Crippen LogP contribution in [0.2, 0.25) is 0 Å². The van der Waals surface area contributed by atoms with Gasteiger partial charge in [-0.3, -0.25) is 4.79 Å². The second-order valence-corrected chi connectivity index (χ2v) is 8.79. The Morgan fingerprint density at radius 1 is 1.07 bits per heavy atom. The van der Waals surface area contributed by atoms with Gasteiger partial charge in [-0.05, 0) is 76.0 Å². The van der Waals surface area contributed by atoms with Gasteiger partial charge < -0.3 is 18.8 Å². The summed E-state index contributed by atoms with van der Waals surface area (Å²) < 4.78 is 17.1. The number of amides is 1. The van der Waals surface area contributed by atoms with E-state index in [1.54, 1.807) is 6.07 Å². The lowest BCUT2D eigenvalue weighted by Crippen LogP contribution is -2.49. The monoisotopic (exact) mass is 411 g/mol. The van der Waals surface area contributed by atoms with Crippen LogP contribution in [-0.4, -0.2) is 42.2 Å². The topological polar surface area (TPSA) is 69.0 Å². The molecule has 1 amide bonds. The van der Waals surface area contributed by atoms with E-state index < -0.39 is 6.10 Å². The molecule has 0 N–H and O–H groups in total. The van der Waals surface area contributed by atoms with Crippen LogP contribution in [0.5, 0.6) is 5.75 Å². The summed E-state index contributed by atoms with van der Waals surface area (Å²) in [7, 11) is 0. The van der Waals surface area contributed by atoms with Crippen LogP contribution in [0.25, 0.3) is 11.0 Å². The zero-order valence-corrected chi connectivity index (χ0v) is 17.5. The molecule has 2 aromatic rings. The highest BCUT2D eigenvalue weighted by Gasteiger charge is 2.40. The Hall–Kier alpha value is -2.34. The quantitative estimate of drug-likeness (QED) is 0.703. The van der Waals surface area contributed by atoms with Gasteiger partial charge in [0.1, 0.15) is 11.3 Å². The maximum absolute atomic E-state index is 13.2. The van der Waals surface area contributed by atoms with E-state index in [4.69, 9.17) is 13.9 Å². The number of ether oxygens (including phenoxy) is 2. The van der Waals surface area contributed by atoms with Crippen molar-refractivity contribution in [2.45, 2.75) is 76.5 Å². The molecule has 160 valence electrons. The number of carbonyl (C=O) groups is 1. The van der Waals surface area contributed by atoms with Crippen molar-refractivity contribution in [3.8, 4) is 5.75 Å². The molecule has 6 nitrogen and oxygen atoms in total. The maximum atomic E-state index is 13.2. The summed E-state index contributed by atoms with van der Waals surface area (Å²) in [6, 6.07) is 6.19. The van der Waals surface area contributed by atoms with Gasteiger partial charge in [-0.25, -0.2) is 4.79 Å². The standard InChI is InChI=1S/C24H29NO5/c1-15(23(26)25(16-6-7-16)17-10-12-28-13-11-17)29-18-8-9-20-19-4-2-3-5-21(19)24(27)30-22(20)14-18/h8-9,14-17H,2-7,10-13H2,1H3. The first-order chi connectivity index (χ1) is 14.6. The van der Waals surface area contributed by atoms with Crippen molar-refractivity contribution in [1.82, 2.24) is 4.90 Å². The molecule has 2 fully saturated rings. The Morgan fingerprint density at radius 2 is 1.77 bits per heavy atom. The average Bonchev–Trinajstić information content (AvgIpc) is 3.60. The van der Waals surface area contributed by atoms with Crippen LogP contribution in [0.1, 0.15) is 56.6 Å². The molecule has 0 bridgehead atoms. The van der Waals surface area contributed by atoms with Gasteiger partial charge in [-0.1, -0.05) is 0 Å². The Labute approximate surface area is 176 Å². The first-order valence-electron chi connectivity index (χ1n) is 11.3. The fraction of sp³-hybridized carbons (Fsp3) is 0.583. The third kappa shape index (κ3) is 3.73. The third-order valence-corrected chi connectivity index (χ3v) is 6.63. The van der Waals surface area contributed by atoms with Gasteiger partial charge in [-0.15, -0.1) is 0 Å². The predicted octanol–water partition coefficient (Wildman–Crippen LogP) is 3.61. The molecule has 30 heavy (non-hydrogen) atoms. The van der Waals surface area contributed by atoms with Crippen molar-refractivity contribution >= 4 is 16.9 Å². The lowest BCUT2D eigenvalue weighted by Gasteiger charge is -2.36. The van der Waals surface area contributed by atoms with E-state index in [0.717, 1.165) is 67.9 Å². The highest BCUT2D eigenvalue weighted by Crippen LogP contribution is 2.33. The van der Waals surface area contributed by atoms with Gasteiger partial charge in [0.15, 0.2) is 6.10 Å². The summed E-state index contributed by atoms with van der Waals surface area (Å²) >= 11 is 0. The summed E-state index contributed by atoms with van der Waals surface area (Å²) in [4.78, 5) is 27.7. The molecule has 3 aliphatic rings. The molecule has 2 aliphatic carbocycles. The van der Waals surface area contributed by atoms with Crippen LogP contribution in [-0.2, 0) is 22.4 Å². The third-order valence-electron chi connectivity index (χ3n) is 6.63. The van der Waals surface area contributed by atoms with Crippen molar-refractivity contribution in [3.05, 3.63) is 39.7 Å². The summed E-state index contributed by atoms with van der Waals surface area (Å²) in [6.45, 7) is 3.24. The van der Waals surface area contributed by atoms with Crippen molar-refractivity contribution in [2.75, 3.05) is 13.2 Å². The van der Waals surface area contributed by atoms with Crippen LogP contribution in [0.15, 0.2) is 27.4 Å². The molecule has 1 aliphatic heterocycles. The molecule has 1 atom stereocenters. The zero-order chi connectivity index (χ0) is 20.7. The fourth-order valence-corrected chi connectivity index (χ4v) is 4.94. The van der Waals surface area contributed by atoms with Gasteiger partial charge in [-0.2, -0.15) is 0 Å². The SMILES string of the molecule is CC(Oc1ccc2c3c(c(=O)oc2c1)CCCC3)C(=O)N(C1CCOCC1)C1CC1. The molecule has 1 aromatic carbocycles. The molecule has 0 radical (unpaired) electrons. The first-order valence-corrected chi connectivity index (χ1v) is 11.3. The minimum atomic E-state index is -0.588. The number of nitrogens with zero attached hydrogens (tertiary/aromatic N) is 1. The van der Waals surface area contributed by atoms with Crippen LogP contribution >= 0.6 is 0 Å². The predicted molar refractivity (Wildman–Crippen MR) is 113 cm³/mol. The van der Waals surface area contributed by atoms with E-state index in [9.17, 15) is 9.59 Å². The first kappa shape index (κ1) is 19.6. The van der Waals surface area contributed by atoms with Gasteiger partial charge in [0, 0.05) is 42.3 Å². The number of rotatable bonds is 5. The van der Waals surface area contributed by atoms with E-state index >= 15 is 0 Å². The highest BCUT2D eigenvalue weighted by atomic mass is 16.5. The van der Waals surface area contributed by atoms with E-state index in [0.29, 0.717) is 30.6 Å². The normalized spacial score (nSPS) is 20.6. The molecule has 1 saturated heterocycles. The number of benzene rings is 1. The average molecular weight is 411 g/mol.